The fourth-order valence-corrected chi connectivity index (χ4v) is 2.48. The molecule has 3 N–H and O–H groups in total. The number of aromatic nitrogens is 1. The summed E-state index contributed by atoms with van der Waals surface area (Å²) in [5.74, 6) is 0.0940. The Morgan fingerprint density at radius 2 is 2.39 bits per heavy atom. The maximum atomic E-state index is 12.0. The van der Waals surface area contributed by atoms with E-state index in [2.05, 4.69) is 10.3 Å². The minimum Gasteiger partial charge on any atom is -0.350 e. The van der Waals surface area contributed by atoms with Crippen molar-refractivity contribution in [1.82, 2.24) is 10.3 Å². The van der Waals surface area contributed by atoms with Gasteiger partial charge in [-0.2, -0.15) is 0 Å². The first-order valence-corrected chi connectivity index (χ1v) is 6.55. The molecule has 1 aliphatic rings. The van der Waals surface area contributed by atoms with E-state index in [-0.39, 0.29) is 17.4 Å². The van der Waals surface area contributed by atoms with Crippen molar-refractivity contribution < 1.29 is 4.79 Å². The maximum absolute atomic E-state index is 12.0. The molecular weight excluding hydrogens is 226 g/mol. The zero-order chi connectivity index (χ0) is 13.0. The summed E-state index contributed by atoms with van der Waals surface area (Å²) in [6.07, 6.45) is 7.43. The van der Waals surface area contributed by atoms with Crippen molar-refractivity contribution in [2.24, 2.45) is 11.1 Å². The van der Waals surface area contributed by atoms with Crippen molar-refractivity contribution >= 4 is 5.91 Å². The highest BCUT2D eigenvalue weighted by Gasteiger charge is 2.37. The Kier molecular flexibility index (Phi) is 3.97. The van der Waals surface area contributed by atoms with Crippen molar-refractivity contribution in [3.8, 4) is 0 Å². The number of nitrogens with one attached hydrogen (secondary N) is 1. The maximum Gasteiger partial charge on any atom is 0.221 e. The molecule has 0 bridgehead atoms. The van der Waals surface area contributed by atoms with E-state index in [0.29, 0.717) is 13.0 Å². The molecule has 4 heteroatoms. The number of carbonyl (C=O) groups is 1. The van der Waals surface area contributed by atoms with Crippen LogP contribution in [0.15, 0.2) is 24.5 Å². The van der Waals surface area contributed by atoms with Gasteiger partial charge in [-0.15, -0.1) is 0 Å². The van der Waals surface area contributed by atoms with Crippen LogP contribution in [0.3, 0.4) is 0 Å². The van der Waals surface area contributed by atoms with Gasteiger partial charge in [0.1, 0.15) is 0 Å². The quantitative estimate of drug-likeness (QED) is 0.833. The molecule has 1 saturated carbocycles. The zero-order valence-corrected chi connectivity index (χ0v) is 10.9. The van der Waals surface area contributed by atoms with E-state index < -0.39 is 0 Å². The van der Waals surface area contributed by atoms with Crippen molar-refractivity contribution in [2.45, 2.75) is 38.6 Å². The third kappa shape index (κ3) is 2.88. The standard InChI is InChI=1S/C14H21N3O/c1-11(12-4-2-7-16-9-12)17-13(18)8-14(10-15)5-3-6-14/h2,4,7,9,11H,3,5-6,8,10,15H2,1H3,(H,17,18). The molecule has 0 aliphatic heterocycles. The van der Waals surface area contributed by atoms with Crippen LogP contribution >= 0.6 is 0 Å². The summed E-state index contributed by atoms with van der Waals surface area (Å²) >= 11 is 0. The van der Waals surface area contributed by atoms with Gasteiger partial charge in [-0.1, -0.05) is 12.5 Å². The molecule has 1 aromatic rings. The Morgan fingerprint density at radius 3 is 2.89 bits per heavy atom. The fraction of sp³-hybridized carbons (Fsp3) is 0.571. The Balaban J connectivity index is 1.88. The van der Waals surface area contributed by atoms with E-state index in [9.17, 15) is 4.79 Å². The average molecular weight is 247 g/mol. The topological polar surface area (TPSA) is 68.0 Å². The Bertz CT molecular complexity index is 395. The van der Waals surface area contributed by atoms with Gasteiger partial charge < -0.3 is 11.1 Å². The number of amides is 1. The summed E-state index contributed by atoms with van der Waals surface area (Å²) in [4.78, 5) is 16.1. The lowest BCUT2D eigenvalue weighted by atomic mass is 9.66. The van der Waals surface area contributed by atoms with E-state index in [1.807, 2.05) is 19.1 Å². The smallest absolute Gasteiger partial charge is 0.221 e. The molecule has 0 radical (unpaired) electrons. The van der Waals surface area contributed by atoms with Gasteiger partial charge >= 0.3 is 0 Å². The van der Waals surface area contributed by atoms with Gasteiger partial charge in [0.15, 0.2) is 0 Å². The van der Waals surface area contributed by atoms with Crippen LogP contribution in [0.5, 0.6) is 0 Å². The lowest BCUT2D eigenvalue weighted by Gasteiger charge is -2.40. The van der Waals surface area contributed by atoms with E-state index >= 15 is 0 Å². The molecule has 1 aromatic heterocycles. The summed E-state index contributed by atoms with van der Waals surface area (Å²) in [5, 5.41) is 3.02. The van der Waals surface area contributed by atoms with E-state index in [0.717, 1.165) is 18.4 Å². The molecule has 1 heterocycles. The molecule has 2 rings (SSSR count). The molecule has 98 valence electrons. The number of nitrogens with two attached hydrogens (primary N) is 1. The summed E-state index contributed by atoms with van der Waals surface area (Å²) < 4.78 is 0. The Hall–Kier alpha value is -1.42. The summed E-state index contributed by atoms with van der Waals surface area (Å²) in [7, 11) is 0. The molecule has 1 aliphatic carbocycles. The number of hydrogen-bond acceptors (Lipinski definition) is 3. The van der Waals surface area contributed by atoms with Crippen LogP contribution in [0.1, 0.15) is 44.2 Å². The van der Waals surface area contributed by atoms with Crippen LogP contribution in [0.2, 0.25) is 0 Å². The van der Waals surface area contributed by atoms with Gasteiger partial charge in [-0.05, 0) is 43.4 Å². The number of nitrogens with zero attached hydrogens (tertiary/aromatic N) is 1. The number of carbonyl (C=O) groups excluding carboxylic acids is 1. The highest BCUT2D eigenvalue weighted by Crippen LogP contribution is 2.42. The molecule has 1 unspecified atom stereocenters. The van der Waals surface area contributed by atoms with Crippen molar-refractivity contribution in [2.75, 3.05) is 6.54 Å². The summed E-state index contributed by atoms with van der Waals surface area (Å²) in [6.45, 7) is 2.59. The van der Waals surface area contributed by atoms with E-state index in [1.165, 1.54) is 6.42 Å². The summed E-state index contributed by atoms with van der Waals surface area (Å²) in [6, 6.07) is 3.85. The van der Waals surface area contributed by atoms with E-state index in [1.54, 1.807) is 12.4 Å². The average Bonchev–Trinajstić information content (AvgIpc) is 2.35. The first-order valence-electron chi connectivity index (χ1n) is 6.55. The highest BCUT2D eigenvalue weighted by atomic mass is 16.1. The van der Waals surface area contributed by atoms with Gasteiger partial charge in [-0.3, -0.25) is 9.78 Å². The van der Waals surface area contributed by atoms with Crippen LogP contribution in [-0.4, -0.2) is 17.4 Å². The SMILES string of the molecule is CC(NC(=O)CC1(CN)CCC1)c1cccnc1. The third-order valence-electron chi connectivity index (χ3n) is 3.94. The predicted octanol–water partition coefficient (Wildman–Crippen LogP) is 1.78. The van der Waals surface area contributed by atoms with Gasteiger partial charge in [0.25, 0.3) is 0 Å². The van der Waals surface area contributed by atoms with Gasteiger partial charge in [0.2, 0.25) is 5.91 Å². The first kappa shape index (κ1) is 13.0. The van der Waals surface area contributed by atoms with E-state index in [4.69, 9.17) is 5.73 Å². The van der Waals surface area contributed by atoms with Crippen LogP contribution in [0.4, 0.5) is 0 Å². The zero-order valence-electron chi connectivity index (χ0n) is 10.9. The van der Waals surface area contributed by atoms with Crippen molar-refractivity contribution in [1.29, 1.82) is 0 Å². The summed E-state index contributed by atoms with van der Waals surface area (Å²) in [5.41, 5.74) is 6.87. The van der Waals surface area contributed by atoms with Gasteiger partial charge in [-0.25, -0.2) is 0 Å². The lowest BCUT2D eigenvalue weighted by molar-refractivity contribution is -0.125. The number of hydrogen-bond donors (Lipinski definition) is 2. The molecule has 1 amide bonds. The molecule has 0 aromatic carbocycles. The molecule has 0 spiro atoms. The van der Waals surface area contributed by atoms with Crippen LogP contribution < -0.4 is 11.1 Å². The molecular formula is C14H21N3O. The highest BCUT2D eigenvalue weighted by molar-refractivity contribution is 5.77. The number of pyridine rings is 1. The lowest BCUT2D eigenvalue weighted by Crippen LogP contribution is -2.42. The minimum atomic E-state index is 0.00102. The molecule has 4 nitrogen and oxygen atoms in total. The Morgan fingerprint density at radius 1 is 1.61 bits per heavy atom. The molecule has 0 saturated heterocycles. The third-order valence-corrected chi connectivity index (χ3v) is 3.94. The Labute approximate surface area is 108 Å². The second-order valence-corrected chi connectivity index (χ2v) is 5.31. The van der Waals surface area contributed by atoms with Crippen LogP contribution in [0, 0.1) is 5.41 Å². The minimum absolute atomic E-state index is 0.00102. The molecule has 1 atom stereocenters. The van der Waals surface area contributed by atoms with Crippen LogP contribution in [0.25, 0.3) is 0 Å². The predicted molar refractivity (Wildman–Crippen MR) is 70.8 cm³/mol. The monoisotopic (exact) mass is 247 g/mol. The molecule has 18 heavy (non-hydrogen) atoms. The second-order valence-electron chi connectivity index (χ2n) is 5.31. The first-order chi connectivity index (χ1) is 8.65. The van der Waals surface area contributed by atoms with Crippen molar-refractivity contribution in [3.05, 3.63) is 30.1 Å². The fourth-order valence-electron chi connectivity index (χ4n) is 2.48. The van der Waals surface area contributed by atoms with Crippen molar-refractivity contribution in [3.63, 3.8) is 0 Å². The normalized spacial score (nSPS) is 18.8. The number of rotatable bonds is 5. The van der Waals surface area contributed by atoms with Gasteiger partial charge in [0.05, 0.1) is 6.04 Å². The second kappa shape index (κ2) is 5.48. The van der Waals surface area contributed by atoms with Gasteiger partial charge in [0, 0.05) is 18.8 Å². The van der Waals surface area contributed by atoms with Crippen LogP contribution in [-0.2, 0) is 4.79 Å². The largest absolute Gasteiger partial charge is 0.350 e. The molecule has 1 fully saturated rings.